The molecule has 0 saturated heterocycles. The van der Waals surface area contributed by atoms with Crippen LogP contribution in [-0.4, -0.2) is 24.7 Å². The normalized spacial score (nSPS) is 11.8. The van der Waals surface area contributed by atoms with Crippen LogP contribution >= 0.6 is 0 Å². The number of nitrogens with zero attached hydrogens (tertiary/aromatic N) is 4. The lowest BCUT2D eigenvalue weighted by Crippen LogP contribution is -2.22. The number of fused-ring (bicyclic) bond motifs is 1. The molecule has 8 nitrogen and oxygen atoms in total. The molecule has 0 spiro atoms. The van der Waals surface area contributed by atoms with E-state index in [1.165, 1.54) is 16.8 Å². The Morgan fingerprint density at radius 3 is 2.61 bits per heavy atom. The van der Waals surface area contributed by atoms with Crippen LogP contribution in [0.4, 0.5) is 13.2 Å². The summed E-state index contributed by atoms with van der Waals surface area (Å²) >= 11 is 0. The van der Waals surface area contributed by atoms with E-state index in [0.29, 0.717) is 10.9 Å². The second kappa shape index (κ2) is 6.44. The molecular formula is C17H10F3N5O3. The van der Waals surface area contributed by atoms with E-state index in [2.05, 4.69) is 24.6 Å². The van der Waals surface area contributed by atoms with Crippen molar-refractivity contribution in [1.82, 2.24) is 24.7 Å². The van der Waals surface area contributed by atoms with Crippen molar-refractivity contribution < 1.29 is 17.7 Å². The highest BCUT2D eigenvalue weighted by Gasteiger charge is 2.38. The Hall–Kier alpha value is -3.76. The number of para-hydroxylation sites is 1. The number of hydrogen-bond acceptors (Lipinski definition) is 6. The van der Waals surface area contributed by atoms with Gasteiger partial charge in [0.2, 0.25) is 5.82 Å². The Kier molecular flexibility index (Phi) is 4.06. The van der Waals surface area contributed by atoms with E-state index in [0.717, 1.165) is 6.07 Å². The minimum absolute atomic E-state index is 0.0285. The van der Waals surface area contributed by atoms with Crippen molar-refractivity contribution in [2.75, 3.05) is 0 Å². The summed E-state index contributed by atoms with van der Waals surface area (Å²) in [6.45, 7) is -0.0285. The van der Waals surface area contributed by atoms with Gasteiger partial charge in [0.25, 0.3) is 11.1 Å². The van der Waals surface area contributed by atoms with E-state index in [1.807, 2.05) is 0 Å². The van der Waals surface area contributed by atoms with Gasteiger partial charge in [-0.05, 0) is 18.2 Å². The maximum atomic E-state index is 12.5. The Balaban J connectivity index is 1.65. The molecule has 28 heavy (non-hydrogen) atoms. The number of benzene rings is 1. The first kappa shape index (κ1) is 17.6. The van der Waals surface area contributed by atoms with Crippen molar-refractivity contribution in [3.63, 3.8) is 0 Å². The molecule has 4 rings (SSSR count). The Labute approximate surface area is 153 Å². The lowest BCUT2D eigenvalue weighted by molar-refractivity contribution is -0.159. The van der Waals surface area contributed by atoms with Gasteiger partial charge in [-0.2, -0.15) is 18.2 Å². The Bertz CT molecular complexity index is 1290. The fourth-order valence-electron chi connectivity index (χ4n) is 2.60. The smallest absolute Gasteiger partial charge is 0.329 e. The van der Waals surface area contributed by atoms with Crippen LogP contribution in [0.15, 0.2) is 56.7 Å². The van der Waals surface area contributed by atoms with Crippen LogP contribution in [0.1, 0.15) is 11.7 Å². The molecule has 0 radical (unpaired) electrons. The molecule has 4 aromatic rings. The van der Waals surface area contributed by atoms with Crippen LogP contribution in [-0.2, 0) is 12.7 Å². The van der Waals surface area contributed by atoms with Gasteiger partial charge in [-0.1, -0.05) is 17.3 Å². The molecular weight excluding hydrogens is 379 g/mol. The predicted molar refractivity (Wildman–Crippen MR) is 90.5 cm³/mol. The van der Waals surface area contributed by atoms with E-state index >= 15 is 0 Å². The zero-order chi connectivity index (χ0) is 19.9. The summed E-state index contributed by atoms with van der Waals surface area (Å²) in [6, 6.07) is 9.19. The maximum absolute atomic E-state index is 12.5. The number of nitrogens with one attached hydrogen (secondary N) is 1. The molecule has 0 saturated carbocycles. The standard InChI is InChI=1S/C17H10F3N5O3/c18-17(19,20)16-23-14(24-28-16)9-5-6-25(13(26)7-9)8-12-21-11-4-2-1-3-10(11)15(27)22-12/h1-7H,8H2,(H,21,22,27). The summed E-state index contributed by atoms with van der Waals surface area (Å²) in [7, 11) is 0. The van der Waals surface area contributed by atoms with Crippen LogP contribution in [0.3, 0.4) is 0 Å². The molecule has 0 aliphatic carbocycles. The molecule has 0 aliphatic rings. The topological polar surface area (TPSA) is 107 Å². The molecule has 0 unspecified atom stereocenters. The highest BCUT2D eigenvalue weighted by molar-refractivity contribution is 5.77. The number of H-pyrrole nitrogens is 1. The molecule has 0 aliphatic heterocycles. The molecule has 1 N–H and O–H groups in total. The number of alkyl halides is 3. The number of rotatable bonds is 3. The number of halogens is 3. The van der Waals surface area contributed by atoms with Crippen LogP contribution in [0, 0.1) is 0 Å². The van der Waals surface area contributed by atoms with Crippen LogP contribution in [0.2, 0.25) is 0 Å². The molecule has 0 fully saturated rings. The molecule has 11 heteroatoms. The van der Waals surface area contributed by atoms with Crippen LogP contribution < -0.4 is 11.1 Å². The molecule has 3 aromatic heterocycles. The van der Waals surface area contributed by atoms with Crippen molar-refractivity contribution in [3.05, 3.63) is 75.0 Å². The SMILES string of the molecule is O=c1[nH]c(Cn2ccc(-c3noc(C(F)(F)F)n3)cc2=O)nc2ccccc12. The number of pyridine rings is 1. The first-order valence-electron chi connectivity index (χ1n) is 7.91. The third-order valence-electron chi connectivity index (χ3n) is 3.90. The van der Waals surface area contributed by atoms with Crippen LogP contribution in [0.25, 0.3) is 22.3 Å². The van der Waals surface area contributed by atoms with Gasteiger partial charge in [-0.15, -0.1) is 0 Å². The van der Waals surface area contributed by atoms with E-state index in [9.17, 15) is 22.8 Å². The summed E-state index contributed by atoms with van der Waals surface area (Å²) in [5.41, 5.74) is -0.318. The van der Waals surface area contributed by atoms with Gasteiger partial charge >= 0.3 is 12.1 Å². The third-order valence-corrected chi connectivity index (χ3v) is 3.90. The summed E-state index contributed by atoms with van der Waals surface area (Å²) in [6.07, 6.45) is -3.43. The van der Waals surface area contributed by atoms with Crippen molar-refractivity contribution in [2.24, 2.45) is 0 Å². The minimum Gasteiger partial charge on any atom is -0.329 e. The molecule has 142 valence electrons. The first-order valence-corrected chi connectivity index (χ1v) is 7.91. The Morgan fingerprint density at radius 1 is 1.11 bits per heavy atom. The van der Waals surface area contributed by atoms with Gasteiger partial charge in [-0.3, -0.25) is 9.59 Å². The number of aromatic amines is 1. The maximum Gasteiger partial charge on any atom is 0.471 e. The van der Waals surface area contributed by atoms with Gasteiger partial charge < -0.3 is 14.1 Å². The van der Waals surface area contributed by atoms with Crippen molar-refractivity contribution in [1.29, 1.82) is 0 Å². The van der Waals surface area contributed by atoms with E-state index in [-0.39, 0.29) is 29.3 Å². The molecule has 0 amide bonds. The average molecular weight is 389 g/mol. The quantitative estimate of drug-likeness (QED) is 0.576. The molecule has 3 heterocycles. The van der Waals surface area contributed by atoms with Gasteiger partial charge in [0.05, 0.1) is 17.4 Å². The molecule has 1 aromatic carbocycles. The average Bonchev–Trinajstić information content (AvgIpc) is 3.14. The highest BCUT2D eigenvalue weighted by Crippen LogP contribution is 2.29. The van der Waals surface area contributed by atoms with Crippen molar-refractivity contribution in [2.45, 2.75) is 12.7 Å². The van der Waals surface area contributed by atoms with Crippen molar-refractivity contribution >= 4 is 10.9 Å². The van der Waals surface area contributed by atoms with Crippen molar-refractivity contribution in [3.8, 4) is 11.4 Å². The first-order chi connectivity index (χ1) is 13.3. The number of hydrogen-bond donors (Lipinski definition) is 1. The summed E-state index contributed by atoms with van der Waals surface area (Å²) < 4.78 is 43.0. The second-order valence-corrected chi connectivity index (χ2v) is 5.83. The zero-order valence-electron chi connectivity index (χ0n) is 13.9. The highest BCUT2D eigenvalue weighted by atomic mass is 19.4. The lowest BCUT2D eigenvalue weighted by atomic mass is 10.2. The zero-order valence-corrected chi connectivity index (χ0v) is 13.9. The Morgan fingerprint density at radius 2 is 1.89 bits per heavy atom. The van der Waals surface area contributed by atoms with Gasteiger partial charge in [0.1, 0.15) is 5.82 Å². The van der Waals surface area contributed by atoms with Crippen LogP contribution in [0.5, 0.6) is 0 Å². The summed E-state index contributed by atoms with van der Waals surface area (Å²) in [5.74, 6) is -1.59. The monoisotopic (exact) mass is 389 g/mol. The van der Waals surface area contributed by atoms with E-state index in [1.54, 1.807) is 24.3 Å². The second-order valence-electron chi connectivity index (χ2n) is 5.83. The van der Waals surface area contributed by atoms with Gasteiger partial charge in [0, 0.05) is 17.8 Å². The summed E-state index contributed by atoms with van der Waals surface area (Å²) in [5, 5.41) is 3.66. The van der Waals surface area contributed by atoms with E-state index < -0.39 is 17.6 Å². The largest absolute Gasteiger partial charge is 0.471 e. The van der Waals surface area contributed by atoms with Gasteiger partial charge in [0.15, 0.2) is 0 Å². The molecule has 0 atom stereocenters. The summed E-state index contributed by atoms with van der Waals surface area (Å²) in [4.78, 5) is 34.5. The fraction of sp³-hybridized carbons (Fsp3) is 0.118. The predicted octanol–water partition coefficient (Wildman–Crippen LogP) is 2.20. The minimum atomic E-state index is -4.77. The number of aromatic nitrogens is 5. The lowest BCUT2D eigenvalue weighted by Gasteiger charge is -2.06. The fourth-order valence-corrected chi connectivity index (χ4v) is 2.60. The molecule has 0 bridgehead atoms. The third kappa shape index (κ3) is 3.29. The van der Waals surface area contributed by atoms with Gasteiger partial charge in [-0.25, -0.2) is 4.98 Å². The van der Waals surface area contributed by atoms with E-state index in [4.69, 9.17) is 0 Å².